The van der Waals surface area contributed by atoms with Crippen LogP contribution < -0.4 is 5.32 Å². The van der Waals surface area contributed by atoms with E-state index in [0.29, 0.717) is 6.61 Å². The van der Waals surface area contributed by atoms with Gasteiger partial charge in [-0.15, -0.1) is 0 Å². The third-order valence-electron chi connectivity index (χ3n) is 2.60. The Labute approximate surface area is 113 Å². The summed E-state index contributed by atoms with van der Waals surface area (Å²) in [4.78, 5) is 0. The van der Waals surface area contributed by atoms with Gasteiger partial charge in [-0.3, -0.25) is 0 Å². The summed E-state index contributed by atoms with van der Waals surface area (Å²) in [7, 11) is 1.68. The molecule has 0 radical (unpaired) electrons. The maximum absolute atomic E-state index is 13.0. The molecule has 1 N–H and O–H groups in total. The molecule has 0 unspecified atom stereocenters. The fraction of sp³-hybridized carbons (Fsp3) is 0.429. The highest BCUT2D eigenvalue weighted by atomic mass is 35.5. The molecule has 0 bridgehead atoms. The van der Waals surface area contributed by atoms with Crippen molar-refractivity contribution < 1.29 is 9.13 Å². The molecule has 100 valence electrons. The first-order chi connectivity index (χ1) is 8.67. The van der Waals surface area contributed by atoms with Crippen molar-refractivity contribution in [1.82, 2.24) is 5.32 Å². The average Bonchev–Trinajstić information content (AvgIpc) is 2.37. The highest BCUT2D eigenvalue weighted by Crippen LogP contribution is 2.18. The molecule has 4 heteroatoms. The summed E-state index contributed by atoms with van der Waals surface area (Å²) in [6.45, 7) is 4.40. The molecule has 1 aromatic rings. The Morgan fingerprint density at radius 3 is 2.89 bits per heavy atom. The summed E-state index contributed by atoms with van der Waals surface area (Å²) < 4.78 is 18.0. The molecular weight excluding hydrogens is 253 g/mol. The van der Waals surface area contributed by atoms with E-state index < -0.39 is 0 Å². The quantitative estimate of drug-likeness (QED) is 0.767. The fourth-order valence-corrected chi connectivity index (χ4v) is 1.73. The van der Waals surface area contributed by atoms with Crippen LogP contribution in [0, 0.1) is 5.82 Å². The van der Waals surface area contributed by atoms with Crippen LogP contribution >= 0.6 is 11.6 Å². The van der Waals surface area contributed by atoms with Crippen LogP contribution in [0.1, 0.15) is 18.9 Å². The van der Waals surface area contributed by atoms with E-state index in [4.69, 9.17) is 16.3 Å². The Morgan fingerprint density at radius 1 is 1.50 bits per heavy atom. The topological polar surface area (TPSA) is 21.3 Å². The zero-order valence-electron chi connectivity index (χ0n) is 10.8. The number of ether oxygens (including phenoxy) is 1. The zero-order valence-corrected chi connectivity index (χ0v) is 11.6. The second-order valence-corrected chi connectivity index (χ2v) is 4.41. The van der Waals surface area contributed by atoms with Gasteiger partial charge in [-0.05, 0) is 24.1 Å². The lowest BCUT2D eigenvalue weighted by Gasteiger charge is -2.07. The SMILES string of the molecule is CC/C(=C/c1ccc(F)c(Cl)c1)CNCCOC. The Kier molecular flexibility index (Phi) is 6.94. The first-order valence-corrected chi connectivity index (χ1v) is 6.39. The standard InChI is InChI=1S/C14H19ClFNO/c1-3-11(10-17-6-7-18-2)8-12-4-5-14(16)13(15)9-12/h4-5,8-9,17H,3,6-7,10H2,1-2H3/b11-8-. The van der Waals surface area contributed by atoms with Crippen LogP contribution in [-0.4, -0.2) is 26.8 Å². The lowest BCUT2D eigenvalue weighted by molar-refractivity contribution is 0.200. The summed E-state index contributed by atoms with van der Waals surface area (Å²) in [5, 5.41) is 3.44. The highest BCUT2D eigenvalue weighted by molar-refractivity contribution is 6.30. The largest absolute Gasteiger partial charge is 0.383 e. The van der Waals surface area contributed by atoms with Crippen LogP contribution in [0.25, 0.3) is 6.08 Å². The molecule has 0 aliphatic rings. The molecule has 1 aromatic carbocycles. The molecule has 0 saturated heterocycles. The predicted octanol–water partition coefficient (Wildman–Crippen LogP) is 3.51. The third kappa shape index (κ3) is 5.17. The van der Waals surface area contributed by atoms with E-state index in [1.165, 1.54) is 11.6 Å². The molecule has 0 aliphatic carbocycles. The Balaban J connectivity index is 2.62. The second kappa shape index (κ2) is 8.25. The van der Waals surface area contributed by atoms with Gasteiger partial charge >= 0.3 is 0 Å². The van der Waals surface area contributed by atoms with Crippen molar-refractivity contribution in [1.29, 1.82) is 0 Å². The summed E-state index contributed by atoms with van der Waals surface area (Å²) in [5.74, 6) is -0.384. The van der Waals surface area contributed by atoms with Gasteiger partial charge in [0, 0.05) is 20.2 Å². The van der Waals surface area contributed by atoms with Gasteiger partial charge in [-0.1, -0.05) is 36.2 Å². The molecule has 0 atom stereocenters. The minimum atomic E-state index is -0.384. The molecule has 1 rings (SSSR count). The molecule has 0 heterocycles. The minimum Gasteiger partial charge on any atom is -0.383 e. The fourth-order valence-electron chi connectivity index (χ4n) is 1.54. The molecule has 0 spiro atoms. The lowest BCUT2D eigenvalue weighted by atomic mass is 10.1. The summed E-state index contributed by atoms with van der Waals surface area (Å²) in [6, 6.07) is 4.76. The average molecular weight is 272 g/mol. The van der Waals surface area contributed by atoms with E-state index in [2.05, 4.69) is 12.2 Å². The maximum Gasteiger partial charge on any atom is 0.141 e. The van der Waals surface area contributed by atoms with Gasteiger partial charge in [-0.25, -0.2) is 4.39 Å². The lowest BCUT2D eigenvalue weighted by Crippen LogP contribution is -2.21. The monoisotopic (exact) mass is 271 g/mol. The van der Waals surface area contributed by atoms with Gasteiger partial charge in [0.25, 0.3) is 0 Å². The maximum atomic E-state index is 13.0. The van der Waals surface area contributed by atoms with Gasteiger partial charge in [0.2, 0.25) is 0 Å². The summed E-state index contributed by atoms with van der Waals surface area (Å²) in [6.07, 6.45) is 2.97. The number of halogens is 2. The van der Waals surface area contributed by atoms with Crippen LogP contribution in [0.3, 0.4) is 0 Å². The van der Waals surface area contributed by atoms with Gasteiger partial charge in [0.1, 0.15) is 5.82 Å². The van der Waals surface area contributed by atoms with Crippen LogP contribution in [-0.2, 0) is 4.74 Å². The number of hydrogen-bond acceptors (Lipinski definition) is 2. The summed E-state index contributed by atoms with van der Waals surface area (Å²) in [5.41, 5.74) is 2.17. The molecular formula is C14H19ClFNO. The number of methoxy groups -OCH3 is 1. The van der Waals surface area contributed by atoms with E-state index in [1.807, 2.05) is 6.08 Å². The molecule has 18 heavy (non-hydrogen) atoms. The molecule has 0 aliphatic heterocycles. The van der Waals surface area contributed by atoms with Crippen molar-refractivity contribution in [2.75, 3.05) is 26.8 Å². The molecule has 2 nitrogen and oxygen atoms in total. The van der Waals surface area contributed by atoms with Crippen LogP contribution in [0.2, 0.25) is 5.02 Å². The van der Waals surface area contributed by atoms with Gasteiger partial charge in [0.15, 0.2) is 0 Å². The van der Waals surface area contributed by atoms with Crippen LogP contribution in [0.5, 0.6) is 0 Å². The first kappa shape index (κ1) is 15.2. The van der Waals surface area contributed by atoms with E-state index in [9.17, 15) is 4.39 Å². The number of nitrogens with one attached hydrogen (secondary N) is 1. The smallest absolute Gasteiger partial charge is 0.141 e. The Hall–Kier alpha value is -0.900. The molecule has 0 aromatic heterocycles. The van der Waals surface area contributed by atoms with E-state index in [-0.39, 0.29) is 10.8 Å². The van der Waals surface area contributed by atoms with Crippen molar-refractivity contribution in [3.05, 3.63) is 40.2 Å². The number of hydrogen-bond donors (Lipinski definition) is 1. The number of benzene rings is 1. The van der Waals surface area contributed by atoms with Crippen LogP contribution in [0.15, 0.2) is 23.8 Å². The summed E-state index contributed by atoms with van der Waals surface area (Å²) >= 11 is 5.75. The van der Waals surface area contributed by atoms with Crippen molar-refractivity contribution in [3.8, 4) is 0 Å². The Bertz CT molecular complexity index is 407. The predicted molar refractivity (Wildman–Crippen MR) is 74.4 cm³/mol. The van der Waals surface area contributed by atoms with E-state index >= 15 is 0 Å². The third-order valence-corrected chi connectivity index (χ3v) is 2.89. The van der Waals surface area contributed by atoms with Crippen LogP contribution in [0.4, 0.5) is 4.39 Å². The highest BCUT2D eigenvalue weighted by Gasteiger charge is 2.00. The molecule has 0 saturated carbocycles. The minimum absolute atomic E-state index is 0.159. The number of rotatable bonds is 7. The normalized spacial score (nSPS) is 11.9. The van der Waals surface area contributed by atoms with Crippen molar-refractivity contribution in [3.63, 3.8) is 0 Å². The molecule has 0 amide bonds. The zero-order chi connectivity index (χ0) is 13.4. The van der Waals surface area contributed by atoms with Crippen molar-refractivity contribution >= 4 is 17.7 Å². The van der Waals surface area contributed by atoms with E-state index in [1.54, 1.807) is 19.2 Å². The second-order valence-electron chi connectivity index (χ2n) is 4.00. The van der Waals surface area contributed by atoms with Gasteiger partial charge in [0.05, 0.1) is 11.6 Å². The molecule has 0 fully saturated rings. The first-order valence-electron chi connectivity index (χ1n) is 6.01. The van der Waals surface area contributed by atoms with Gasteiger partial charge < -0.3 is 10.1 Å². The van der Waals surface area contributed by atoms with Gasteiger partial charge in [-0.2, -0.15) is 0 Å². The Morgan fingerprint density at radius 2 is 2.28 bits per heavy atom. The van der Waals surface area contributed by atoms with E-state index in [0.717, 1.165) is 25.1 Å². The van der Waals surface area contributed by atoms with Crippen molar-refractivity contribution in [2.24, 2.45) is 0 Å². The van der Waals surface area contributed by atoms with Crippen molar-refractivity contribution in [2.45, 2.75) is 13.3 Å².